The van der Waals surface area contributed by atoms with Crippen molar-refractivity contribution >= 4 is 21.9 Å². The first kappa shape index (κ1) is 24.2. The fourth-order valence-corrected chi connectivity index (χ4v) is 3.81. The molecule has 176 valence electrons. The van der Waals surface area contributed by atoms with E-state index in [1.807, 2.05) is 53.7 Å². The molecule has 6 heteroatoms. The second-order valence-electron chi connectivity index (χ2n) is 8.92. The fraction of sp³-hybridized carbons (Fsp3) is 0.370. The Morgan fingerprint density at radius 3 is 2.09 bits per heavy atom. The maximum Gasteiger partial charge on any atom is 0.204 e. The summed E-state index contributed by atoms with van der Waals surface area (Å²) in [6, 6.07) is 3.01. The molecule has 1 heterocycles. The number of phenols is 2. The van der Waals surface area contributed by atoms with E-state index < -0.39 is 0 Å². The topological polar surface area (TPSA) is 89.1 Å². The van der Waals surface area contributed by atoms with Gasteiger partial charge in [-0.15, -0.1) is 0 Å². The highest BCUT2D eigenvalue weighted by Crippen LogP contribution is 2.41. The van der Waals surface area contributed by atoms with E-state index in [4.69, 9.17) is 13.9 Å². The SMILES string of the molecule is COc1c(O)cc2oc3cc(OC(C)C)c(CC=C(C)C)c(O)c3c(=O)c2c1CC=C(C)C. The Morgan fingerprint density at radius 1 is 0.970 bits per heavy atom. The van der Waals surface area contributed by atoms with E-state index in [1.54, 1.807) is 6.07 Å². The van der Waals surface area contributed by atoms with E-state index in [0.29, 0.717) is 29.7 Å². The van der Waals surface area contributed by atoms with Crippen molar-refractivity contribution < 1.29 is 24.1 Å². The highest BCUT2D eigenvalue weighted by molar-refractivity contribution is 5.97. The normalized spacial score (nSPS) is 11.2. The average Bonchev–Trinajstić information content (AvgIpc) is 2.70. The number of allylic oxidation sites excluding steroid dienone is 4. The number of aromatic hydroxyl groups is 2. The third-order valence-corrected chi connectivity index (χ3v) is 5.32. The lowest BCUT2D eigenvalue weighted by Gasteiger charge is -2.17. The molecule has 0 radical (unpaired) electrons. The van der Waals surface area contributed by atoms with Crippen LogP contribution in [-0.4, -0.2) is 23.4 Å². The highest BCUT2D eigenvalue weighted by atomic mass is 16.5. The van der Waals surface area contributed by atoms with Crippen LogP contribution in [0.5, 0.6) is 23.0 Å². The minimum absolute atomic E-state index is 0.0851. The number of rotatable bonds is 7. The number of phenolic OH excluding ortho intramolecular Hbond substituents is 2. The van der Waals surface area contributed by atoms with Crippen molar-refractivity contribution in [1.29, 1.82) is 0 Å². The Hall–Kier alpha value is -3.41. The van der Waals surface area contributed by atoms with Crippen LogP contribution in [0.25, 0.3) is 21.9 Å². The van der Waals surface area contributed by atoms with Gasteiger partial charge in [0.15, 0.2) is 11.5 Å². The Morgan fingerprint density at radius 2 is 1.55 bits per heavy atom. The second-order valence-corrected chi connectivity index (χ2v) is 8.92. The zero-order chi connectivity index (χ0) is 24.4. The van der Waals surface area contributed by atoms with Gasteiger partial charge in [-0.25, -0.2) is 0 Å². The lowest BCUT2D eigenvalue weighted by Crippen LogP contribution is -2.11. The molecule has 1 aromatic heterocycles. The van der Waals surface area contributed by atoms with Crippen molar-refractivity contribution in [2.75, 3.05) is 7.11 Å². The monoisotopic (exact) mass is 452 g/mol. The van der Waals surface area contributed by atoms with Gasteiger partial charge in [0.25, 0.3) is 0 Å². The molecule has 0 aliphatic carbocycles. The van der Waals surface area contributed by atoms with Crippen LogP contribution in [0.1, 0.15) is 52.7 Å². The highest BCUT2D eigenvalue weighted by Gasteiger charge is 2.23. The van der Waals surface area contributed by atoms with Gasteiger partial charge in [0.1, 0.15) is 28.1 Å². The Kier molecular flexibility index (Phi) is 7.06. The van der Waals surface area contributed by atoms with Gasteiger partial charge in [-0.1, -0.05) is 23.3 Å². The van der Waals surface area contributed by atoms with Gasteiger partial charge in [-0.2, -0.15) is 0 Å². The maximum absolute atomic E-state index is 13.7. The van der Waals surface area contributed by atoms with Crippen LogP contribution in [0, 0.1) is 0 Å². The number of fused-ring (bicyclic) bond motifs is 2. The van der Waals surface area contributed by atoms with Crippen molar-refractivity contribution in [2.45, 2.75) is 60.5 Å². The van der Waals surface area contributed by atoms with Crippen LogP contribution in [0.15, 0.2) is 44.6 Å². The van der Waals surface area contributed by atoms with Crippen LogP contribution >= 0.6 is 0 Å². The number of methoxy groups -OCH3 is 1. The van der Waals surface area contributed by atoms with Gasteiger partial charge in [0.2, 0.25) is 5.43 Å². The smallest absolute Gasteiger partial charge is 0.204 e. The molecule has 3 rings (SSSR count). The summed E-state index contributed by atoms with van der Waals surface area (Å²) in [5.74, 6) is 0.400. The molecule has 0 atom stereocenters. The number of hydrogen-bond acceptors (Lipinski definition) is 6. The van der Waals surface area contributed by atoms with E-state index in [0.717, 1.165) is 11.1 Å². The van der Waals surface area contributed by atoms with Crippen LogP contribution < -0.4 is 14.9 Å². The van der Waals surface area contributed by atoms with Gasteiger partial charge < -0.3 is 24.1 Å². The molecule has 3 aromatic rings. The first-order valence-corrected chi connectivity index (χ1v) is 11.0. The summed E-state index contributed by atoms with van der Waals surface area (Å²) in [6.45, 7) is 11.6. The molecule has 0 aliphatic heterocycles. The zero-order valence-electron chi connectivity index (χ0n) is 20.3. The summed E-state index contributed by atoms with van der Waals surface area (Å²) in [7, 11) is 1.44. The van der Waals surface area contributed by atoms with E-state index in [1.165, 1.54) is 13.2 Å². The average molecular weight is 453 g/mol. The summed E-state index contributed by atoms with van der Waals surface area (Å²) in [5, 5.41) is 22.1. The largest absolute Gasteiger partial charge is 0.507 e. The minimum atomic E-state index is -0.381. The maximum atomic E-state index is 13.7. The quantitative estimate of drug-likeness (QED) is 0.329. The third kappa shape index (κ3) is 4.85. The lowest BCUT2D eigenvalue weighted by molar-refractivity contribution is 0.239. The molecular weight excluding hydrogens is 420 g/mol. The minimum Gasteiger partial charge on any atom is -0.507 e. The zero-order valence-corrected chi connectivity index (χ0v) is 20.3. The molecular formula is C27H32O6. The van der Waals surface area contributed by atoms with Crippen molar-refractivity contribution in [3.63, 3.8) is 0 Å². The van der Waals surface area contributed by atoms with Gasteiger partial charge in [-0.3, -0.25) is 4.79 Å². The summed E-state index contributed by atoms with van der Waals surface area (Å²) < 4.78 is 17.4. The van der Waals surface area contributed by atoms with Gasteiger partial charge >= 0.3 is 0 Å². The Labute approximate surface area is 193 Å². The molecule has 0 spiro atoms. The molecule has 0 unspecified atom stereocenters. The molecule has 33 heavy (non-hydrogen) atoms. The number of benzene rings is 2. The lowest BCUT2D eigenvalue weighted by atomic mass is 9.98. The van der Waals surface area contributed by atoms with Crippen molar-refractivity contribution in [2.24, 2.45) is 0 Å². The molecule has 0 amide bonds. The summed E-state index contributed by atoms with van der Waals surface area (Å²) in [4.78, 5) is 13.7. The first-order chi connectivity index (χ1) is 15.5. The van der Waals surface area contributed by atoms with Gasteiger partial charge in [0.05, 0.1) is 18.6 Å². The van der Waals surface area contributed by atoms with E-state index in [9.17, 15) is 15.0 Å². The molecule has 0 saturated carbocycles. The first-order valence-electron chi connectivity index (χ1n) is 11.0. The van der Waals surface area contributed by atoms with Gasteiger partial charge in [0, 0.05) is 23.3 Å². The second kappa shape index (κ2) is 9.61. The molecule has 0 bridgehead atoms. The van der Waals surface area contributed by atoms with Crippen molar-refractivity contribution in [3.05, 3.63) is 56.8 Å². The van der Waals surface area contributed by atoms with Crippen LogP contribution in [-0.2, 0) is 12.8 Å². The fourth-order valence-electron chi connectivity index (χ4n) is 3.81. The third-order valence-electron chi connectivity index (χ3n) is 5.32. The van der Waals surface area contributed by atoms with E-state index in [-0.39, 0.29) is 50.7 Å². The predicted octanol–water partition coefficient (Wildman–Crippen LogP) is 6.17. The molecule has 0 aliphatic rings. The van der Waals surface area contributed by atoms with Crippen LogP contribution in [0.3, 0.4) is 0 Å². The van der Waals surface area contributed by atoms with Crippen molar-refractivity contribution in [3.8, 4) is 23.0 Å². The van der Waals surface area contributed by atoms with Crippen LogP contribution in [0.4, 0.5) is 0 Å². The number of ether oxygens (including phenoxy) is 2. The summed E-state index contributed by atoms with van der Waals surface area (Å²) >= 11 is 0. The van der Waals surface area contributed by atoms with Gasteiger partial charge in [-0.05, 0) is 54.4 Å². The summed E-state index contributed by atoms with van der Waals surface area (Å²) in [6.07, 6.45) is 4.56. The standard InChI is InChI=1S/C27H32O6/c1-14(2)8-10-17-20(32-16(5)6)13-22-24(25(17)29)26(30)23-18(11-9-15(3)4)27(31-7)19(28)12-21(23)33-22/h8-9,12-13,16,28-29H,10-11H2,1-7H3. The predicted molar refractivity (Wildman–Crippen MR) is 132 cm³/mol. The van der Waals surface area contributed by atoms with Crippen LogP contribution in [0.2, 0.25) is 0 Å². The number of hydrogen-bond donors (Lipinski definition) is 2. The molecule has 6 nitrogen and oxygen atoms in total. The molecule has 0 saturated heterocycles. The van der Waals surface area contributed by atoms with E-state index >= 15 is 0 Å². The Bertz CT molecular complexity index is 1320. The Balaban J connectivity index is 2.46. The van der Waals surface area contributed by atoms with Crippen molar-refractivity contribution in [1.82, 2.24) is 0 Å². The molecule has 2 N–H and O–H groups in total. The molecule has 0 fully saturated rings. The summed E-state index contributed by atoms with van der Waals surface area (Å²) in [5.41, 5.74) is 3.21. The molecule has 2 aromatic carbocycles. The van der Waals surface area contributed by atoms with E-state index in [2.05, 4.69) is 0 Å².